The van der Waals surface area contributed by atoms with E-state index in [2.05, 4.69) is 48.3 Å². The molecule has 1 aromatic rings. The highest BCUT2D eigenvalue weighted by atomic mass is 16.2. The van der Waals surface area contributed by atoms with Crippen LogP contribution >= 0.6 is 0 Å². The Kier molecular flexibility index (Phi) is 7.30. The number of benzene rings is 1. The predicted octanol–water partition coefficient (Wildman–Crippen LogP) is 2.45. The summed E-state index contributed by atoms with van der Waals surface area (Å²) in [5.41, 5.74) is 6.18. The predicted molar refractivity (Wildman–Crippen MR) is 115 cm³/mol. The van der Waals surface area contributed by atoms with E-state index in [1.54, 1.807) is 0 Å². The highest BCUT2D eigenvalue weighted by Gasteiger charge is 2.53. The topological polar surface area (TPSA) is 78.7 Å². The number of nitrogens with one attached hydrogen (secondary N) is 1. The van der Waals surface area contributed by atoms with E-state index in [9.17, 15) is 9.59 Å². The normalized spacial score (nSPS) is 23.3. The van der Waals surface area contributed by atoms with Gasteiger partial charge < -0.3 is 16.0 Å². The number of carbonyl (C=O) groups excluding carboxylic acids is 2. The van der Waals surface area contributed by atoms with Crippen LogP contribution in [0.25, 0.3) is 0 Å². The molecule has 0 radical (unpaired) electrons. The van der Waals surface area contributed by atoms with Gasteiger partial charge in [-0.25, -0.2) is 0 Å². The molecule has 29 heavy (non-hydrogen) atoms. The Hall–Kier alpha value is -1.92. The second-order valence-corrected chi connectivity index (χ2v) is 8.45. The Bertz CT molecular complexity index is 685. The molecule has 6 nitrogen and oxygen atoms in total. The maximum absolute atomic E-state index is 13.2. The fourth-order valence-corrected chi connectivity index (χ4v) is 4.83. The molecule has 1 spiro atoms. The van der Waals surface area contributed by atoms with Crippen LogP contribution in [0.15, 0.2) is 30.3 Å². The third kappa shape index (κ3) is 4.48. The summed E-state index contributed by atoms with van der Waals surface area (Å²) >= 11 is 0. The number of hydrogen-bond acceptors (Lipinski definition) is 4. The smallest absolute Gasteiger partial charge is 0.246 e. The van der Waals surface area contributed by atoms with Crippen LogP contribution in [0, 0.1) is 0 Å². The first-order chi connectivity index (χ1) is 14.0. The average Bonchev–Trinajstić information content (AvgIpc) is 2.75. The molecule has 3 N–H and O–H groups in total. The van der Waals surface area contributed by atoms with E-state index in [-0.39, 0.29) is 11.8 Å². The number of amides is 2. The number of nitrogens with two attached hydrogens (primary N) is 1. The lowest BCUT2D eigenvalue weighted by molar-refractivity contribution is -0.161. The van der Waals surface area contributed by atoms with E-state index >= 15 is 0 Å². The first-order valence-electron chi connectivity index (χ1n) is 11.1. The third-order valence-electron chi connectivity index (χ3n) is 6.66. The van der Waals surface area contributed by atoms with Crippen LogP contribution in [0.2, 0.25) is 0 Å². The van der Waals surface area contributed by atoms with Crippen LogP contribution in [0.5, 0.6) is 0 Å². The van der Waals surface area contributed by atoms with Gasteiger partial charge in [-0.1, -0.05) is 37.3 Å². The number of rotatable bonds is 8. The summed E-state index contributed by atoms with van der Waals surface area (Å²) in [7, 11) is 0. The molecule has 6 heteroatoms. The molecular weight excluding hydrogens is 364 g/mol. The number of nitrogens with zero attached hydrogens (tertiary/aromatic N) is 2. The zero-order valence-corrected chi connectivity index (χ0v) is 17.9. The van der Waals surface area contributed by atoms with Gasteiger partial charge in [-0.05, 0) is 57.6 Å². The molecule has 2 aliphatic heterocycles. The molecule has 1 aromatic carbocycles. The van der Waals surface area contributed by atoms with Gasteiger partial charge in [0.1, 0.15) is 11.6 Å². The maximum atomic E-state index is 13.2. The number of piperidine rings is 1. The molecule has 0 aliphatic carbocycles. The van der Waals surface area contributed by atoms with Crippen molar-refractivity contribution in [3.8, 4) is 0 Å². The van der Waals surface area contributed by atoms with Crippen molar-refractivity contribution in [1.29, 1.82) is 0 Å². The van der Waals surface area contributed by atoms with Crippen LogP contribution in [-0.2, 0) is 9.59 Å². The number of unbranched alkanes of at least 4 members (excludes halogenated alkanes) is 1. The fourth-order valence-electron chi connectivity index (χ4n) is 4.83. The van der Waals surface area contributed by atoms with Gasteiger partial charge in [-0.15, -0.1) is 0 Å². The van der Waals surface area contributed by atoms with E-state index < -0.39 is 11.6 Å². The Morgan fingerprint density at radius 3 is 2.48 bits per heavy atom. The summed E-state index contributed by atoms with van der Waals surface area (Å²) < 4.78 is 0. The molecule has 3 rings (SSSR count). The van der Waals surface area contributed by atoms with Gasteiger partial charge in [0.2, 0.25) is 11.8 Å². The minimum absolute atomic E-state index is 0.0373. The molecule has 2 amide bonds. The molecule has 0 aromatic heterocycles. The summed E-state index contributed by atoms with van der Waals surface area (Å²) in [6, 6.07) is 10.4. The highest BCUT2D eigenvalue weighted by Crippen LogP contribution is 2.36. The van der Waals surface area contributed by atoms with Crippen molar-refractivity contribution in [2.45, 2.75) is 70.0 Å². The first kappa shape index (κ1) is 21.8. The van der Waals surface area contributed by atoms with Crippen LogP contribution < -0.4 is 11.1 Å². The Morgan fingerprint density at radius 1 is 1.17 bits per heavy atom. The van der Waals surface area contributed by atoms with E-state index in [1.165, 1.54) is 5.56 Å². The lowest BCUT2D eigenvalue weighted by Gasteiger charge is -2.52. The monoisotopic (exact) mass is 400 g/mol. The van der Waals surface area contributed by atoms with Crippen molar-refractivity contribution < 1.29 is 9.59 Å². The minimum atomic E-state index is -0.690. The fraction of sp³-hybridized carbons (Fsp3) is 0.652. The zero-order valence-electron chi connectivity index (χ0n) is 17.9. The number of hydrogen-bond donors (Lipinski definition) is 2. The molecule has 2 aliphatic rings. The van der Waals surface area contributed by atoms with Gasteiger partial charge in [0.25, 0.3) is 0 Å². The Morgan fingerprint density at radius 2 is 1.86 bits per heavy atom. The quantitative estimate of drug-likeness (QED) is 0.657. The van der Waals surface area contributed by atoms with Gasteiger partial charge in [0.15, 0.2) is 0 Å². The van der Waals surface area contributed by atoms with Crippen LogP contribution in [0.4, 0.5) is 0 Å². The van der Waals surface area contributed by atoms with Crippen LogP contribution in [0.1, 0.15) is 64.0 Å². The largest absolute Gasteiger partial charge is 0.342 e. The summed E-state index contributed by atoms with van der Waals surface area (Å²) in [6.07, 6.45) is 4.66. The molecule has 0 bridgehead atoms. The maximum Gasteiger partial charge on any atom is 0.246 e. The molecule has 2 atom stereocenters. The molecule has 2 fully saturated rings. The van der Waals surface area contributed by atoms with Gasteiger partial charge in [-0.2, -0.15) is 0 Å². The van der Waals surface area contributed by atoms with Crippen molar-refractivity contribution in [3.05, 3.63) is 35.9 Å². The summed E-state index contributed by atoms with van der Waals surface area (Å²) in [5, 5.41) is 3.06. The van der Waals surface area contributed by atoms with Gasteiger partial charge >= 0.3 is 0 Å². The standard InChI is InChI=1S/C23H36N4O2/c1-3-15-27-21(28)20(11-7-8-14-24)25-22(29)23(27)12-16-26(17-13-23)18(2)19-9-5-4-6-10-19/h4-6,9-10,18,20H,3,7-8,11-17,24H2,1-2H3,(H,25,29)/t18?,20-/m0/s1. The van der Waals surface area contributed by atoms with Gasteiger partial charge in [-0.3, -0.25) is 14.5 Å². The van der Waals surface area contributed by atoms with E-state index in [0.717, 1.165) is 32.4 Å². The third-order valence-corrected chi connectivity index (χ3v) is 6.66. The molecule has 0 saturated carbocycles. The average molecular weight is 401 g/mol. The Balaban J connectivity index is 1.71. The van der Waals surface area contributed by atoms with Crippen molar-refractivity contribution in [2.75, 3.05) is 26.2 Å². The van der Waals surface area contributed by atoms with E-state index in [4.69, 9.17) is 5.73 Å². The summed E-state index contributed by atoms with van der Waals surface area (Å²) in [5.74, 6) is 0.128. The molecule has 2 heterocycles. The lowest BCUT2D eigenvalue weighted by atomic mass is 9.80. The summed E-state index contributed by atoms with van der Waals surface area (Å²) in [4.78, 5) is 30.8. The molecular formula is C23H36N4O2. The van der Waals surface area contributed by atoms with E-state index in [1.807, 2.05) is 11.0 Å². The zero-order chi connectivity index (χ0) is 20.9. The van der Waals surface area contributed by atoms with E-state index in [0.29, 0.717) is 38.4 Å². The second kappa shape index (κ2) is 9.72. The van der Waals surface area contributed by atoms with Crippen molar-refractivity contribution in [3.63, 3.8) is 0 Å². The highest BCUT2D eigenvalue weighted by molar-refractivity contribution is 6.00. The first-order valence-corrected chi connectivity index (χ1v) is 11.1. The van der Waals surface area contributed by atoms with Crippen molar-refractivity contribution >= 4 is 11.8 Å². The SMILES string of the molecule is CCCN1C(=O)[C@H](CCCCN)NC(=O)C12CCN(C(C)c1ccccc1)CC2. The second-order valence-electron chi connectivity index (χ2n) is 8.45. The van der Waals surface area contributed by atoms with Crippen molar-refractivity contribution in [1.82, 2.24) is 15.1 Å². The lowest BCUT2D eigenvalue weighted by Crippen LogP contribution is -2.72. The molecule has 1 unspecified atom stereocenters. The van der Waals surface area contributed by atoms with Crippen LogP contribution in [-0.4, -0.2) is 59.4 Å². The molecule has 160 valence electrons. The summed E-state index contributed by atoms with van der Waals surface area (Å²) in [6.45, 7) is 7.19. The minimum Gasteiger partial charge on any atom is -0.342 e. The van der Waals surface area contributed by atoms with Gasteiger partial charge in [0, 0.05) is 25.7 Å². The Labute approximate surface area is 174 Å². The van der Waals surface area contributed by atoms with Gasteiger partial charge in [0.05, 0.1) is 0 Å². The molecule has 2 saturated heterocycles. The number of carbonyl (C=O) groups is 2. The number of piperazine rings is 1. The van der Waals surface area contributed by atoms with Crippen LogP contribution in [0.3, 0.4) is 0 Å². The number of likely N-dealkylation sites (tertiary alicyclic amines) is 1. The van der Waals surface area contributed by atoms with Crippen molar-refractivity contribution in [2.24, 2.45) is 5.73 Å².